The summed E-state index contributed by atoms with van der Waals surface area (Å²) >= 11 is 0. The van der Waals surface area contributed by atoms with Crippen LogP contribution in [0, 0.1) is 0 Å². The molecule has 0 aromatic heterocycles. The van der Waals surface area contributed by atoms with Crippen molar-refractivity contribution in [1.82, 2.24) is 20.0 Å². The van der Waals surface area contributed by atoms with E-state index in [1.54, 1.807) is 30.6 Å². The lowest BCUT2D eigenvalue weighted by Crippen LogP contribution is -2.49. The van der Waals surface area contributed by atoms with Crippen LogP contribution in [-0.2, 0) is 37.8 Å². The van der Waals surface area contributed by atoms with Gasteiger partial charge in [0, 0.05) is 64.5 Å². The van der Waals surface area contributed by atoms with Gasteiger partial charge < -0.3 is 34.1 Å². The summed E-state index contributed by atoms with van der Waals surface area (Å²) in [6, 6.07) is 6.25. The van der Waals surface area contributed by atoms with Crippen LogP contribution in [0.25, 0.3) is 0 Å². The number of nitrogens with one attached hydrogen (secondary N) is 1. The SMILES string of the molecule is CC(C)(C)OC(=O)N1CCNCC1.COC(=O)c1ccc(C=O)cc1C(F)(F)F.COC(=O)c1ccc(CN2CCN(C(=O)OC(C)(C)C)CC2)cc1C(F)(F)F. The average Bonchev–Trinajstić information content (AvgIpc) is 3.13. The third-order valence-corrected chi connectivity index (χ3v) is 7.88. The molecule has 2 heterocycles. The first-order valence-corrected chi connectivity index (χ1v) is 17.7. The summed E-state index contributed by atoms with van der Waals surface area (Å²) in [5, 5.41) is 3.18. The second-order valence-corrected chi connectivity index (χ2v) is 14.7. The van der Waals surface area contributed by atoms with Crippen LogP contribution in [0.2, 0.25) is 0 Å². The number of aldehydes is 1. The third kappa shape index (κ3) is 16.2. The number of rotatable bonds is 5. The fraction of sp³-hybridized carbons (Fsp3) is 0.553. The minimum Gasteiger partial charge on any atom is -0.465 e. The highest BCUT2D eigenvalue weighted by Crippen LogP contribution is 2.34. The molecule has 13 nitrogen and oxygen atoms in total. The normalized spacial score (nSPS) is 15.2. The van der Waals surface area contributed by atoms with Crippen LogP contribution in [0.4, 0.5) is 35.9 Å². The number of methoxy groups -OCH3 is 2. The number of alkyl halides is 6. The van der Waals surface area contributed by atoms with E-state index in [2.05, 4.69) is 14.8 Å². The number of halogens is 6. The topological polar surface area (TPSA) is 144 Å². The standard InChI is InChI=1S/C19H25F3N2O4.C10H7F3O3.C9H18N2O2/c1-18(2,3)28-17(26)24-9-7-23(8-10-24)12-13-5-6-14(16(25)27-4)15(11-13)19(20,21)22;1-16-9(15)7-3-2-6(5-14)4-8(7)10(11,12)13;1-9(2,3)13-8(12)11-6-4-10-5-7-11/h5-6,11H,7-10,12H2,1-4H3;2-5H,1H3;10H,4-7H2,1-3H3. The fourth-order valence-corrected chi connectivity index (χ4v) is 5.22. The highest BCUT2D eigenvalue weighted by Gasteiger charge is 2.37. The van der Waals surface area contributed by atoms with Gasteiger partial charge in [-0.1, -0.05) is 12.1 Å². The molecule has 2 amide bonds. The van der Waals surface area contributed by atoms with Crippen molar-refractivity contribution in [2.75, 3.05) is 66.6 Å². The summed E-state index contributed by atoms with van der Waals surface area (Å²) in [5.41, 5.74) is -3.99. The van der Waals surface area contributed by atoms with Gasteiger partial charge in [-0.2, -0.15) is 26.3 Å². The number of amides is 2. The molecule has 4 rings (SSSR count). The molecule has 0 saturated carbocycles. The van der Waals surface area contributed by atoms with Crippen molar-refractivity contribution in [3.05, 3.63) is 69.8 Å². The van der Waals surface area contributed by atoms with Crippen molar-refractivity contribution >= 4 is 30.4 Å². The Balaban J connectivity index is 0.000000326. The predicted molar refractivity (Wildman–Crippen MR) is 195 cm³/mol. The summed E-state index contributed by atoms with van der Waals surface area (Å²) < 4.78 is 96.7. The van der Waals surface area contributed by atoms with E-state index in [-0.39, 0.29) is 30.1 Å². The number of carbonyl (C=O) groups excluding carboxylic acids is 5. The second kappa shape index (κ2) is 20.5. The predicted octanol–water partition coefficient (Wildman–Crippen LogP) is 6.68. The van der Waals surface area contributed by atoms with Crippen molar-refractivity contribution in [3.8, 4) is 0 Å². The van der Waals surface area contributed by atoms with Crippen molar-refractivity contribution in [2.24, 2.45) is 0 Å². The first kappa shape index (κ1) is 48.2. The molecule has 2 aromatic rings. The molecule has 2 fully saturated rings. The fourth-order valence-electron chi connectivity index (χ4n) is 5.22. The maximum atomic E-state index is 13.3. The van der Waals surface area contributed by atoms with Gasteiger partial charge in [0.05, 0.1) is 36.5 Å². The van der Waals surface area contributed by atoms with E-state index in [0.29, 0.717) is 37.8 Å². The first-order chi connectivity index (χ1) is 26.3. The number of benzene rings is 2. The van der Waals surface area contributed by atoms with Crippen LogP contribution < -0.4 is 5.32 Å². The lowest BCUT2D eigenvalue weighted by atomic mass is 10.0. The van der Waals surface area contributed by atoms with Gasteiger partial charge >= 0.3 is 36.5 Å². The minimum atomic E-state index is -4.71. The molecule has 0 spiro atoms. The highest BCUT2D eigenvalue weighted by atomic mass is 19.4. The molecule has 0 aliphatic carbocycles. The number of piperazine rings is 2. The molecule has 0 atom stereocenters. The van der Waals surface area contributed by atoms with Crippen molar-refractivity contribution in [1.29, 1.82) is 0 Å². The van der Waals surface area contributed by atoms with Crippen molar-refractivity contribution in [3.63, 3.8) is 0 Å². The van der Waals surface area contributed by atoms with E-state index >= 15 is 0 Å². The number of hydrogen-bond acceptors (Lipinski definition) is 11. The van der Waals surface area contributed by atoms with Crippen LogP contribution in [0.3, 0.4) is 0 Å². The van der Waals surface area contributed by atoms with E-state index in [4.69, 9.17) is 9.47 Å². The van der Waals surface area contributed by atoms with Gasteiger partial charge in [-0.05, 0) is 71.4 Å². The molecular weight excluding hydrogens is 770 g/mol. The van der Waals surface area contributed by atoms with Crippen molar-refractivity contribution in [2.45, 2.75) is 71.6 Å². The lowest BCUT2D eigenvalue weighted by Gasteiger charge is -2.35. The monoisotopic (exact) mass is 820 g/mol. The molecule has 318 valence electrons. The zero-order valence-corrected chi connectivity index (χ0v) is 33.2. The Morgan fingerprint density at radius 2 is 1.07 bits per heavy atom. The number of esters is 2. The molecule has 2 saturated heterocycles. The molecular formula is C38H50F6N4O9. The maximum absolute atomic E-state index is 13.3. The first-order valence-electron chi connectivity index (χ1n) is 17.7. The van der Waals surface area contributed by atoms with E-state index in [1.807, 2.05) is 25.7 Å². The van der Waals surface area contributed by atoms with Crippen LogP contribution in [0.5, 0.6) is 0 Å². The summed E-state index contributed by atoms with van der Waals surface area (Å²) in [4.78, 5) is 61.9. The van der Waals surface area contributed by atoms with E-state index in [9.17, 15) is 50.3 Å². The Labute approximate surface area is 327 Å². The minimum absolute atomic E-state index is 0.153. The second-order valence-electron chi connectivity index (χ2n) is 14.7. The Hall–Kier alpha value is -4.91. The molecule has 0 unspecified atom stereocenters. The van der Waals surface area contributed by atoms with Gasteiger partial charge in [-0.25, -0.2) is 19.2 Å². The van der Waals surface area contributed by atoms with Crippen molar-refractivity contribution < 1.29 is 69.3 Å². The third-order valence-electron chi connectivity index (χ3n) is 7.88. The molecule has 0 bridgehead atoms. The molecule has 1 N–H and O–H groups in total. The van der Waals surface area contributed by atoms with Crippen LogP contribution in [0.1, 0.15) is 89.3 Å². The van der Waals surface area contributed by atoms with Crippen LogP contribution in [0.15, 0.2) is 36.4 Å². The zero-order chi connectivity index (χ0) is 43.4. The summed E-state index contributed by atoms with van der Waals surface area (Å²) in [5.74, 6) is -2.12. The molecule has 2 aliphatic heterocycles. The van der Waals surface area contributed by atoms with Crippen LogP contribution in [-0.4, -0.2) is 123 Å². The smallest absolute Gasteiger partial charge is 0.417 e. The van der Waals surface area contributed by atoms with E-state index in [1.165, 1.54) is 6.07 Å². The van der Waals surface area contributed by atoms with Gasteiger partial charge in [0.15, 0.2) is 0 Å². The van der Waals surface area contributed by atoms with Crippen LogP contribution >= 0.6 is 0 Å². The average molecular weight is 821 g/mol. The Morgan fingerprint density at radius 3 is 1.47 bits per heavy atom. The number of ether oxygens (including phenoxy) is 4. The van der Waals surface area contributed by atoms with Gasteiger partial charge in [-0.3, -0.25) is 9.69 Å². The maximum Gasteiger partial charge on any atom is 0.417 e. The Morgan fingerprint density at radius 1 is 0.649 bits per heavy atom. The van der Waals surface area contributed by atoms with Gasteiger partial charge in [-0.15, -0.1) is 0 Å². The molecule has 0 radical (unpaired) electrons. The number of hydrogen-bond donors (Lipinski definition) is 1. The molecule has 19 heteroatoms. The van der Waals surface area contributed by atoms with E-state index < -0.39 is 58.2 Å². The summed E-state index contributed by atoms with van der Waals surface area (Å²) in [7, 11) is 2.02. The molecule has 2 aromatic carbocycles. The number of carbonyl (C=O) groups is 5. The Kier molecular flexibility index (Phi) is 17.3. The quantitative estimate of drug-likeness (QED) is 0.149. The lowest BCUT2D eigenvalue weighted by molar-refractivity contribution is -0.138. The Bertz CT molecular complexity index is 1690. The zero-order valence-electron chi connectivity index (χ0n) is 33.2. The van der Waals surface area contributed by atoms with Gasteiger partial charge in [0.1, 0.15) is 17.5 Å². The van der Waals surface area contributed by atoms with Gasteiger partial charge in [0.25, 0.3) is 0 Å². The largest absolute Gasteiger partial charge is 0.465 e. The van der Waals surface area contributed by atoms with E-state index in [0.717, 1.165) is 64.7 Å². The van der Waals surface area contributed by atoms with Gasteiger partial charge in [0.2, 0.25) is 0 Å². The molecule has 2 aliphatic rings. The highest BCUT2D eigenvalue weighted by molar-refractivity contribution is 5.92. The summed E-state index contributed by atoms with van der Waals surface area (Å²) in [6.45, 7) is 16.4. The summed E-state index contributed by atoms with van der Waals surface area (Å²) in [6.07, 6.45) is -9.68. The molecule has 57 heavy (non-hydrogen) atoms. The number of nitrogens with zero attached hydrogens (tertiary/aromatic N) is 3.